The number of nitrogens with zero attached hydrogens (tertiary/aromatic N) is 3. The predicted molar refractivity (Wildman–Crippen MR) is 88.8 cm³/mol. The molecule has 1 aromatic heterocycles. The second kappa shape index (κ2) is 5.68. The van der Waals surface area contributed by atoms with Gasteiger partial charge < -0.3 is 29.3 Å². The van der Waals surface area contributed by atoms with Gasteiger partial charge in [0.05, 0.1) is 23.8 Å². The van der Waals surface area contributed by atoms with Crippen molar-refractivity contribution in [2.24, 2.45) is 0 Å². The van der Waals surface area contributed by atoms with Crippen LogP contribution < -0.4 is 14.5 Å². The molecule has 142 valence electrons. The first-order valence-electron chi connectivity index (χ1n) is 8.82. The number of nitrogens with one attached hydrogen (secondary N) is 1. The molecule has 27 heavy (non-hydrogen) atoms. The molecule has 1 saturated heterocycles. The van der Waals surface area contributed by atoms with E-state index in [4.69, 9.17) is 9.39 Å². The minimum Gasteiger partial charge on any atom is -0.669 e. The van der Waals surface area contributed by atoms with Gasteiger partial charge in [0.2, 0.25) is 0 Å². The van der Waals surface area contributed by atoms with Crippen molar-refractivity contribution >= 4 is 12.7 Å². The Morgan fingerprint density at radius 3 is 2.96 bits per heavy atom. The molecule has 0 bridgehead atoms. The van der Waals surface area contributed by atoms with E-state index in [0.717, 1.165) is 5.82 Å². The number of carboxylic acid groups (broad SMARTS) is 1. The van der Waals surface area contributed by atoms with Gasteiger partial charge in [0.25, 0.3) is 0 Å². The van der Waals surface area contributed by atoms with E-state index in [-0.39, 0.29) is 34.9 Å². The fraction of sp³-hybridized carbons (Fsp3) is 0.438. The summed E-state index contributed by atoms with van der Waals surface area (Å²) >= 11 is 0. The topological polar surface area (TPSA) is 144 Å². The number of benzene rings is 1. The molecule has 0 radical (unpaired) electrons. The zero-order valence-electron chi connectivity index (χ0n) is 14.2. The number of rotatable bonds is 5. The second-order valence-electron chi connectivity index (χ2n) is 7.40. The van der Waals surface area contributed by atoms with E-state index < -0.39 is 12.7 Å². The van der Waals surface area contributed by atoms with E-state index in [9.17, 15) is 19.9 Å². The molecular weight excluding hydrogens is 355 g/mol. The number of likely N-dealkylation sites (tertiary alicyclic amines) is 1. The molecule has 1 saturated carbocycles. The van der Waals surface area contributed by atoms with Crippen LogP contribution in [0, 0.1) is 0 Å². The number of aromatic nitrogens is 3. The molecule has 0 amide bonds. The minimum absolute atomic E-state index is 0.0471. The Morgan fingerprint density at radius 1 is 1.44 bits per heavy atom. The van der Waals surface area contributed by atoms with Crippen molar-refractivity contribution < 1.29 is 29.3 Å². The van der Waals surface area contributed by atoms with Crippen LogP contribution in [0.4, 0.5) is 0 Å². The molecule has 3 aliphatic rings. The monoisotopic (exact) mass is 372 g/mol. The zero-order valence-corrected chi connectivity index (χ0v) is 14.2. The zero-order chi connectivity index (χ0) is 18.8. The van der Waals surface area contributed by atoms with Crippen molar-refractivity contribution in [3.8, 4) is 11.5 Å². The Labute approximate surface area is 153 Å². The van der Waals surface area contributed by atoms with Gasteiger partial charge in [-0.3, -0.25) is 10.00 Å². The average Bonchev–Trinajstić information content (AvgIpc) is 3.23. The van der Waals surface area contributed by atoms with Gasteiger partial charge in [-0.2, -0.15) is 5.10 Å². The molecule has 1 aromatic carbocycles. The number of carbonyl (C=O) groups excluding carboxylic acids is 1. The fourth-order valence-electron chi connectivity index (χ4n) is 4.03. The lowest BCUT2D eigenvalue weighted by molar-refractivity contribution is -0.255. The number of aromatic carboxylic acids is 1. The summed E-state index contributed by atoms with van der Waals surface area (Å²) in [5, 5.41) is 38.4. The molecule has 2 atom stereocenters. The van der Waals surface area contributed by atoms with E-state index in [1.807, 2.05) is 0 Å². The van der Waals surface area contributed by atoms with Crippen LogP contribution in [-0.4, -0.2) is 62.0 Å². The molecule has 2 aromatic rings. The Bertz CT molecular complexity index is 899. The van der Waals surface area contributed by atoms with Crippen LogP contribution in [0.2, 0.25) is 5.82 Å². The second-order valence-corrected chi connectivity index (χ2v) is 7.40. The smallest absolute Gasteiger partial charge is 0.434 e. The summed E-state index contributed by atoms with van der Waals surface area (Å²) in [5.41, 5.74) is 0.397. The van der Waals surface area contributed by atoms with Crippen LogP contribution in [-0.2, 0) is 6.54 Å². The van der Waals surface area contributed by atoms with E-state index >= 15 is 0 Å². The number of carbonyl (C=O) groups is 1. The third-order valence-corrected chi connectivity index (χ3v) is 5.50. The molecule has 2 fully saturated rings. The summed E-state index contributed by atoms with van der Waals surface area (Å²) in [4.78, 5) is 17.9. The Hall–Kier alpha value is -2.63. The summed E-state index contributed by atoms with van der Waals surface area (Å²) in [6.45, 7) is -1.27. The first-order chi connectivity index (χ1) is 12.9. The summed E-state index contributed by atoms with van der Waals surface area (Å²) in [5.74, 6) is -1.13. The third kappa shape index (κ3) is 2.74. The van der Waals surface area contributed by atoms with Gasteiger partial charge in [-0.25, -0.2) is 4.98 Å². The molecule has 0 spiro atoms. The number of fused-ring (bicyclic) bond motifs is 3. The van der Waals surface area contributed by atoms with E-state index in [2.05, 4.69) is 20.1 Å². The summed E-state index contributed by atoms with van der Waals surface area (Å²) in [7, 11) is 0. The van der Waals surface area contributed by atoms with Crippen LogP contribution in [0.25, 0.3) is 0 Å². The first-order valence-corrected chi connectivity index (χ1v) is 8.82. The first kappa shape index (κ1) is 16.5. The fourth-order valence-corrected chi connectivity index (χ4v) is 4.03. The minimum atomic E-state index is -3.07. The molecule has 10 nitrogen and oxygen atoms in total. The standard InChI is InChI=1S/C16H18BN4O6/c22-16(23)14-12(26-8-4-21(5-8)6-13-18-7-19-20-13)2-1-9-10-3-11(10)17(24,25)27-15(9)14/h1-2,7-8,10-11,24-25H,3-6H2,(H,22,23)(H,18,19,20)/q-1/p-1. The van der Waals surface area contributed by atoms with Crippen LogP contribution in [0.3, 0.4) is 0 Å². The van der Waals surface area contributed by atoms with Crippen molar-refractivity contribution in [3.63, 3.8) is 0 Å². The Balaban J connectivity index is 1.34. The quantitative estimate of drug-likeness (QED) is 0.540. The van der Waals surface area contributed by atoms with Crippen LogP contribution in [0.1, 0.15) is 34.1 Å². The molecule has 3 heterocycles. The SMILES string of the molecule is O=C([O-])c1c(OC2CN(Cc3ncn[nH]3)C2)ccc2c1O[B-](O)(O)C1CC21. The normalized spacial score (nSPS) is 25.7. The predicted octanol–water partition coefficient (Wildman–Crippen LogP) is -1.40. The molecule has 3 N–H and O–H groups in total. The van der Waals surface area contributed by atoms with Crippen LogP contribution >= 0.6 is 0 Å². The van der Waals surface area contributed by atoms with Crippen molar-refractivity contribution in [3.05, 3.63) is 35.4 Å². The van der Waals surface area contributed by atoms with Crippen molar-refractivity contribution in [2.75, 3.05) is 13.1 Å². The number of H-pyrrole nitrogens is 1. The lowest BCUT2D eigenvalue weighted by Gasteiger charge is -2.40. The number of hydrogen-bond donors (Lipinski definition) is 3. The van der Waals surface area contributed by atoms with Gasteiger partial charge in [-0.15, -0.1) is 0 Å². The van der Waals surface area contributed by atoms with Crippen LogP contribution in [0.5, 0.6) is 11.5 Å². The highest BCUT2D eigenvalue weighted by atomic mass is 16.6. The molecule has 2 unspecified atom stereocenters. The average molecular weight is 372 g/mol. The van der Waals surface area contributed by atoms with E-state index in [1.54, 1.807) is 12.1 Å². The summed E-state index contributed by atoms with van der Waals surface area (Å²) in [6, 6.07) is 3.33. The largest absolute Gasteiger partial charge is 0.669 e. The number of hydrogen-bond acceptors (Lipinski definition) is 9. The summed E-state index contributed by atoms with van der Waals surface area (Å²) in [6.07, 6.45) is 1.81. The molecule has 5 rings (SSSR count). The Morgan fingerprint density at radius 2 is 2.26 bits per heavy atom. The van der Waals surface area contributed by atoms with Crippen molar-refractivity contribution in [1.29, 1.82) is 0 Å². The van der Waals surface area contributed by atoms with Gasteiger partial charge in [-0.05, 0) is 17.5 Å². The Kier molecular flexibility index (Phi) is 3.48. The highest BCUT2D eigenvalue weighted by molar-refractivity contribution is 6.62. The lowest BCUT2D eigenvalue weighted by atomic mass is 9.68. The number of ether oxygens (including phenoxy) is 1. The third-order valence-electron chi connectivity index (χ3n) is 5.50. The van der Waals surface area contributed by atoms with Gasteiger partial charge in [0.15, 0.2) is 0 Å². The van der Waals surface area contributed by atoms with Crippen LogP contribution in [0.15, 0.2) is 18.5 Å². The highest BCUT2D eigenvalue weighted by Crippen LogP contribution is 2.63. The molecular formula is C16H17BN4O6-2. The van der Waals surface area contributed by atoms with Crippen molar-refractivity contribution in [2.45, 2.75) is 30.8 Å². The van der Waals surface area contributed by atoms with Crippen molar-refractivity contribution in [1.82, 2.24) is 20.1 Å². The summed E-state index contributed by atoms with van der Waals surface area (Å²) < 4.78 is 11.1. The maximum absolute atomic E-state index is 11.7. The maximum atomic E-state index is 11.7. The van der Waals surface area contributed by atoms with E-state index in [1.165, 1.54) is 6.33 Å². The van der Waals surface area contributed by atoms with Gasteiger partial charge in [-0.1, -0.05) is 18.3 Å². The molecule has 2 aliphatic heterocycles. The van der Waals surface area contributed by atoms with Gasteiger partial charge in [0, 0.05) is 13.1 Å². The molecule has 1 aliphatic carbocycles. The highest BCUT2D eigenvalue weighted by Gasteiger charge is 2.55. The van der Waals surface area contributed by atoms with E-state index in [0.29, 0.717) is 31.6 Å². The number of carboxylic acids is 1. The van der Waals surface area contributed by atoms with Gasteiger partial charge >= 0.3 is 6.75 Å². The molecule has 11 heteroatoms. The number of aromatic amines is 1. The lowest BCUT2D eigenvalue weighted by Crippen LogP contribution is -2.53. The van der Waals surface area contributed by atoms with Gasteiger partial charge in [0.1, 0.15) is 24.0 Å². The maximum Gasteiger partial charge on any atom is 0.434 e.